The molecule has 0 amide bonds. The first-order chi connectivity index (χ1) is 6.77. The van der Waals surface area contributed by atoms with E-state index >= 15 is 0 Å². The zero-order chi connectivity index (χ0) is 10.6. The zero-order valence-electron chi connectivity index (χ0n) is 9.09. The number of rotatable bonds is 10. The Morgan fingerprint density at radius 2 is 1.50 bits per heavy atom. The second-order valence-electron chi connectivity index (χ2n) is 3.60. The molecule has 0 aliphatic carbocycles. The van der Waals surface area contributed by atoms with Crippen molar-refractivity contribution < 1.29 is 8.76 Å². The van der Waals surface area contributed by atoms with Gasteiger partial charge in [0.2, 0.25) is 0 Å². The first kappa shape index (κ1) is 14.1. The lowest BCUT2D eigenvalue weighted by atomic mass is 10.1. The van der Waals surface area contributed by atoms with Crippen molar-refractivity contribution in [2.75, 3.05) is 6.54 Å². The molecular weight excluding hydrogens is 198 g/mol. The van der Waals surface area contributed by atoms with Crippen molar-refractivity contribution in [2.45, 2.75) is 58.3 Å². The molecule has 4 heteroatoms. The van der Waals surface area contributed by atoms with Gasteiger partial charge in [0.15, 0.2) is 0 Å². The molecule has 0 bridgehead atoms. The van der Waals surface area contributed by atoms with Crippen molar-refractivity contribution in [3.63, 3.8) is 0 Å². The number of hydrogen-bond acceptors (Lipinski definition) is 2. The molecule has 0 saturated carbocycles. The molecule has 0 aromatic rings. The second-order valence-corrected chi connectivity index (χ2v) is 4.36. The van der Waals surface area contributed by atoms with Crippen LogP contribution in [0.5, 0.6) is 0 Å². The molecule has 1 atom stereocenters. The summed E-state index contributed by atoms with van der Waals surface area (Å²) in [6, 6.07) is 0. The maximum atomic E-state index is 10.1. The summed E-state index contributed by atoms with van der Waals surface area (Å²) in [5.41, 5.74) is 0. The summed E-state index contributed by atoms with van der Waals surface area (Å²) in [6.45, 7) is 2.81. The molecule has 14 heavy (non-hydrogen) atoms. The van der Waals surface area contributed by atoms with Crippen LogP contribution in [0.4, 0.5) is 0 Å². The third kappa shape index (κ3) is 12.1. The molecular formula is C10H22NO2S-. The Hall–Kier alpha value is 0.0700. The molecule has 0 rings (SSSR count). The first-order valence-electron chi connectivity index (χ1n) is 5.60. The van der Waals surface area contributed by atoms with Crippen LogP contribution in [0.15, 0.2) is 0 Å². The van der Waals surface area contributed by atoms with Crippen LogP contribution in [0.2, 0.25) is 0 Å². The van der Waals surface area contributed by atoms with Gasteiger partial charge >= 0.3 is 0 Å². The number of hydrogen-bond donors (Lipinski definition) is 1. The van der Waals surface area contributed by atoms with E-state index in [1.165, 1.54) is 38.5 Å². The molecule has 0 aliphatic heterocycles. The lowest BCUT2D eigenvalue weighted by molar-refractivity contribution is 0.517. The van der Waals surface area contributed by atoms with Gasteiger partial charge in [-0.3, -0.25) is 4.21 Å². The Balaban J connectivity index is 2.88. The molecule has 0 aromatic carbocycles. The van der Waals surface area contributed by atoms with E-state index in [-0.39, 0.29) is 0 Å². The monoisotopic (exact) mass is 220 g/mol. The smallest absolute Gasteiger partial charge is 0.0181 e. The van der Waals surface area contributed by atoms with Crippen LogP contribution in [-0.2, 0) is 11.3 Å². The van der Waals surface area contributed by atoms with E-state index in [0.717, 1.165) is 12.8 Å². The van der Waals surface area contributed by atoms with E-state index in [0.29, 0.717) is 6.54 Å². The molecule has 0 saturated heterocycles. The van der Waals surface area contributed by atoms with Crippen molar-refractivity contribution in [3.8, 4) is 0 Å². The average Bonchev–Trinajstić information content (AvgIpc) is 2.15. The molecule has 0 aromatic heterocycles. The van der Waals surface area contributed by atoms with E-state index in [1.807, 2.05) is 0 Å². The minimum absolute atomic E-state index is 0.588. The van der Waals surface area contributed by atoms with Gasteiger partial charge in [0.1, 0.15) is 0 Å². The molecule has 0 heterocycles. The van der Waals surface area contributed by atoms with Gasteiger partial charge in [-0.15, -0.1) is 0 Å². The Morgan fingerprint density at radius 1 is 1.00 bits per heavy atom. The fraction of sp³-hybridized carbons (Fsp3) is 1.00. The maximum absolute atomic E-state index is 10.1. The van der Waals surface area contributed by atoms with Gasteiger partial charge in [-0.2, -0.15) is 0 Å². The largest absolute Gasteiger partial charge is 0.760 e. The van der Waals surface area contributed by atoms with Crippen molar-refractivity contribution in [1.29, 1.82) is 0 Å². The zero-order valence-corrected chi connectivity index (χ0v) is 9.91. The molecule has 3 nitrogen and oxygen atoms in total. The van der Waals surface area contributed by atoms with Crippen LogP contribution in [0.25, 0.3) is 0 Å². The van der Waals surface area contributed by atoms with E-state index in [2.05, 4.69) is 11.6 Å². The average molecular weight is 220 g/mol. The normalized spacial score (nSPS) is 13.0. The van der Waals surface area contributed by atoms with E-state index in [1.54, 1.807) is 0 Å². The highest BCUT2D eigenvalue weighted by atomic mass is 32.2. The molecule has 0 radical (unpaired) electrons. The molecule has 1 N–H and O–H groups in total. The third-order valence-corrected chi connectivity index (χ3v) is 2.69. The van der Waals surface area contributed by atoms with E-state index < -0.39 is 11.3 Å². The highest BCUT2D eigenvalue weighted by molar-refractivity contribution is 7.77. The van der Waals surface area contributed by atoms with Crippen LogP contribution < -0.4 is 4.72 Å². The molecule has 1 unspecified atom stereocenters. The lowest BCUT2D eigenvalue weighted by Crippen LogP contribution is -2.17. The van der Waals surface area contributed by atoms with E-state index in [4.69, 9.17) is 0 Å². The first-order valence-corrected chi connectivity index (χ1v) is 6.67. The minimum atomic E-state index is -2.08. The number of unbranched alkanes of at least 4 members (excludes halogenated alkanes) is 7. The minimum Gasteiger partial charge on any atom is -0.760 e. The summed E-state index contributed by atoms with van der Waals surface area (Å²) in [6.07, 6.45) is 9.93. The van der Waals surface area contributed by atoms with Crippen LogP contribution >= 0.6 is 0 Å². The van der Waals surface area contributed by atoms with Crippen LogP contribution in [0, 0.1) is 0 Å². The summed E-state index contributed by atoms with van der Waals surface area (Å²) >= 11 is -2.08. The Kier molecular flexibility index (Phi) is 11.2. The highest BCUT2D eigenvalue weighted by Crippen LogP contribution is 2.07. The number of nitrogens with one attached hydrogen (secondary N) is 1. The summed E-state index contributed by atoms with van der Waals surface area (Å²) in [5.74, 6) is 0. The van der Waals surface area contributed by atoms with Crippen LogP contribution in [0.1, 0.15) is 58.3 Å². The van der Waals surface area contributed by atoms with E-state index in [9.17, 15) is 8.76 Å². The molecule has 86 valence electrons. The predicted octanol–water partition coefficient (Wildman–Crippen LogP) is 2.51. The lowest BCUT2D eigenvalue weighted by Gasteiger charge is -2.06. The summed E-state index contributed by atoms with van der Waals surface area (Å²) in [5, 5.41) is 0. The molecule has 0 fully saturated rings. The molecule has 0 spiro atoms. The quantitative estimate of drug-likeness (QED) is 0.454. The Labute approximate surface area is 90.1 Å². The van der Waals surface area contributed by atoms with Crippen LogP contribution in [-0.4, -0.2) is 15.3 Å². The van der Waals surface area contributed by atoms with Gasteiger partial charge in [0.05, 0.1) is 0 Å². The van der Waals surface area contributed by atoms with Crippen molar-refractivity contribution in [2.24, 2.45) is 0 Å². The third-order valence-electron chi connectivity index (χ3n) is 2.25. The molecule has 0 aliphatic rings. The highest BCUT2D eigenvalue weighted by Gasteiger charge is 1.91. The SMILES string of the molecule is CCCCCCCCCCNS(=O)[O-]. The maximum Gasteiger partial charge on any atom is 0.0181 e. The van der Waals surface area contributed by atoms with Gasteiger partial charge in [-0.1, -0.05) is 51.9 Å². The van der Waals surface area contributed by atoms with Gasteiger partial charge < -0.3 is 4.55 Å². The Bertz CT molecular complexity index is 142. The summed E-state index contributed by atoms with van der Waals surface area (Å²) in [4.78, 5) is 0. The van der Waals surface area contributed by atoms with Crippen molar-refractivity contribution >= 4 is 11.3 Å². The van der Waals surface area contributed by atoms with Gasteiger partial charge in [0.25, 0.3) is 0 Å². The predicted molar refractivity (Wildman–Crippen MR) is 59.5 cm³/mol. The summed E-state index contributed by atoms with van der Waals surface area (Å²) in [7, 11) is 0. The fourth-order valence-electron chi connectivity index (χ4n) is 1.41. The Morgan fingerprint density at radius 3 is 2.00 bits per heavy atom. The van der Waals surface area contributed by atoms with Gasteiger partial charge in [-0.05, 0) is 6.42 Å². The van der Waals surface area contributed by atoms with Gasteiger partial charge in [0, 0.05) is 17.8 Å². The van der Waals surface area contributed by atoms with Gasteiger partial charge in [-0.25, -0.2) is 4.72 Å². The standard InChI is InChI=1S/C10H23NO2S/c1-2-3-4-5-6-7-8-9-10-11-14(12)13/h11H,2-10H2,1H3,(H,12,13)/p-1. The van der Waals surface area contributed by atoms with Crippen LogP contribution in [0.3, 0.4) is 0 Å². The second kappa shape index (κ2) is 11.1. The topological polar surface area (TPSA) is 52.2 Å². The summed E-state index contributed by atoms with van der Waals surface area (Å²) < 4.78 is 22.6. The fourth-order valence-corrected chi connectivity index (χ4v) is 1.73. The van der Waals surface area contributed by atoms with Crippen molar-refractivity contribution in [1.82, 2.24) is 4.72 Å². The van der Waals surface area contributed by atoms with Crippen molar-refractivity contribution in [3.05, 3.63) is 0 Å².